The van der Waals surface area contributed by atoms with Gasteiger partial charge in [-0.3, -0.25) is 0 Å². The van der Waals surface area contributed by atoms with Gasteiger partial charge in [0, 0.05) is 12.5 Å². The van der Waals surface area contributed by atoms with Crippen LogP contribution in [0, 0.1) is 5.92 Å². The zero-order chi connectivity index (χ0) is 17.9. The normalized spacial score (nSPS) is 10.8. The number of unbranched alkanes of at least 4 members (excludes halogenated alkanes) is 12. The van der Waals surface area contributed by atoms with Crippen LogP contribution in [0.3, 0.4) is 0 Å². The Balaban J connectivity index is 0. The monoisotopic (exact) mass is 363 g/mol. The maximum absolute atomic E-state index is 10.2. The van der Waals surface area contributed by atoms with Gasteiger partial charge in [-0.25, -0.2) is 0 Å². The Bertz CT molecular complexity index is 273. The van der Waals surface area contributed by atoms with E-state index >= 15 is 0 Å². The minimum absolute atomic E-state index is 0. The van der Waals surface area contributed by atoms with Crippen molar-refractivity contribution in [2.24, 2.45) is 5.92 Å². The van der Waals surface area contributed by atoms with E-state index in [-0.39, 0.29) is 36.0 Å². The molecule has 1 N–H and O–H groups in total. The Kier molecular flexibility index (Phi) is 24.9. The Labute approximate surface area is 179 Å². The summed E-state index contributed by atoms with van der Waals surface area (Å²) in [6.07, 6.45) is 19.4. The number of hydrogen-bond donors (Lipinski definition) is 1. The Morgan fingerprint density at radius 2 is 1.12 bits per heavy atom. The molecular formula is C21H42NNaO2. The molecule has 25 heavy (non-hydrogen) atoms. The van der Waals surface area contributed by atoms with E-state index in [9.17, 15) is 9.90 Å². The van der Waals surface area contributed by atoms with E-state index in [4.69, 9.17) is 0 Å². The molecule has 0 unspecified atom stereocenters. The molecule has 4 heteroatoms. The largest absolute Gasteiger partial charge is 1.00 e. The van der Waals surface area contributed by atoms with Crippen LogP contribution in [-0.2, 0) is 4.79 Å². The molecule has 0 aliphatic rings. The summed E-state index contributed by atoms with van der Waals surface area (Å²) in [7, 11) is 0. The van der Waals surface area contributed by atoms with Crippen LogP contribution in [0.4, 0.5) is 0 Å². The maximum Gasteiger partial charge on any atom is 1.00 e. The first-order valence-electron chi connectivity index (χ1n) is 10.5. The van der Waals surface area contributed by atoms with Crippen LogP contribution in [-0.4, -0.2) is 19.1 Å². The van der Waals surface area contributed by atoms with Gasteiger partial charge >= 0.3 is 29.6 Å². The van der Waals surface area contributed by atoms with Crippen molar-refractivity contribution in [3.8, 4) is 0 Å². The minimum atomic E-state index is -0.964. The van der Waals surface area contributed by atoms with Crippen molar-refractivity contribution in [1.29, 1.82) is 0 Å². The number of carboxylic acid groups (broad SMARTS) is 1. The summed E-state index contributed by atoms with van der Waals surface area (Å²) in [6, 6.07) is 0. The van der Waals surface area contributed by atoms with Crippen LogP contribution in [0.2, 0.25) is 0 Å². The molecule has 0 saturated heterocycles. The predicted molar refractivity (Wildman–Crippen MR) is 102 cm³/mol. The van der Waals surface area contributed by atoms with Gasteiger partial charge < -0.3 is 15.2 Å². The van der Waals surface area contributed by atoms with Crippen molar-refractivity contribution < 1.29 is 39.5 Å². The van der Waals surface area contributed by atoms with Gasteiger partial charge in [0.05, 0.1) is 0 Å². The van der Waals surface area contributed by atoms with Gasteiger partial charge in [0.15, 0.2) is 0 Å². The number of rotatable bonds is 19. The third-order valence-corrected chi connectivity index (χ3v) is 4.64. The van der Waals surface area contributed by atoms with Gasteiger partial charge in [0.1, 0.15) is 0 Å². The van der Waals surface area contributed by atoms with Gasteiger partial charge in [0.2, 0.25) is 0 Å². The Morgan fingerprint density at radius 3 is 1.52 bits per heavy atom. The van der Waals surface area contributed by atoms with E-state index in [0.717, 1.165) is 18.9 Å². The molecule has 0 saturated carbocycles. The smallest absolute Gasteiger partial charge is 0.550 e. The molecule has 0 aromatic rings. The second-order valence-corrected chi connectivity index (χ2v) is 7.65. The SMILES string of the molecule is CC(C)CCCCCCCCCCCCCCCNCCC(=O)[O-].[Na+]. The van der Waals surface area contributed by atoms with Crippen LogP contribution in [0.1, 0.15) is 110 Å². The minimum Gasteiger partial charge on any atom is -0.550 e. The molecule has 0 amide bonds. The number of carbonyl (C=O) groups is 1. The van der Waals surface area contributed by atoms with Gasteiger partial charge in [-0.15, -0.1) is 0 Å². The summed E-state index contributed by atoms with van der Waals surface area (Å²) in [4.78, 5) is 10.2. The number of aliphatic carboxylic acids is 1. The Hall–Kier alpha value is 0.430. The number of carboxylic acids is 1. The fourth-order valence-corrected chi connectivity index (χ4v) is 3.06. The number of carbonyl (C=O) groups excluding carboxylic acids is 1. The summed E-state index contributed by atoms with van der Waals surface area (Å²) in [5, 5.41) is 13.4. The molecule has 0 fully saturated rings. The van der Waals surface area contributed by atoms with E-state index in [2.05, 4.69) is 19.2 Å². The standard InChI is InChI=1S/C21H43NO2.Na/c1-20(2)16-14-12-10-8-6-4-3-5-7-9-11-13-15-18-22-19-17-21(23)24;/h20,22H,3-19H2,1-2H3,(H,23,24);/q;+1/p-1. The molecule has 3 nitrogen and oxygen atoms in total. The van der Waals surface area contributed by atoms with E-state index in [1.54, 1.807) is 0 Å². The van der Waals surface area contributed by atoms with Crippen molar-refractivity contribution in [3.05, 3.63) is 0 Å². The van der Waals surface area contributed by atoms with Crippen molar-refractivity contribution in [3.63, 3.8) is 0 Å². The van der Waals surface area contributed by atoms with Crippen molar-refractivity contribution >= 4 is 5.97 Å². The van der Waals surface area contributed by atoms with Crippen molar-refractivity contribution in [1.82, 2.24) is 5.32 Å². The van der Waals surface area contributed by atoms with Crippen LogP contribution < -0.4 is 40.0 Å². The fraction of sp³-hybridized carbons (Fsp3) is 0.952. The summed E-state index contributed by atoms with van der Waals surface area (Å²) in [5.41, 5.74) is 0. The molecule has 0 rings (SSSR count). The maximum atomic E-state index is 10.2. The summed E-state index contributed by atoms with van der Waals surface area (Å²) in [5.74, 6) is -0.0932. The molecular weight excluding hydrogens is 321 g/mol. The first-order chi connectivity index (χ1) is 11.6. The average molecular weight is 364 g/mol. The molecule has 0 aliphatic carbocycles. The molecule has 0 atom stereocenters. The van der Waals surface area contributed by atoms with Crippen molar-refractivity contribution in [2.75, 3.05) is 13.1 Å². The van der Waals surface area contributed by atoms with Crippen molar-refractivity contribution in [2.45, 2.75) is 110 Å². The topological polar surface area (TPSA) is 52.2 Å². The van der Waals surface area contributed by atoms with E-state index in [0.29, 0.717) is 6.54 Å². The second kappa shape index (κ2) is 22.5. The third kappa shape index (κ3) is 26.8. The average Bonchev–Trinajstić information content (AvgIpc) is 2.53. The second-order valence-electron chi connectivity index (χ2n) is 7.65. The molecule has 0 radical (unpaired) electrons. The zero-order valence-electron chi connectivity index (χ0n) is 17.4. The molecule has 0 bridgehead atoms. The summed E-state index contributed by atoms with van der Waals surface area (Å²) >= 11 is 0. The Morgan fingerprint density at radius 1 is 0.720 bits per heavy atom. The van der Waals surface area contributed by atoms with Crippen LogP contribution in [0.5, 0.6) is 0 Å². The molecule has 0 aliphatic heterocycles. The van der Waals surface area contributed by atoms with Gasteiger partial charge in [0.25, 0.3) is 0 Å². The van der Waals surface area contributed by atoms with E-state index < -0.39 is 5.97 Å². The number of hydrogen-bond acceptors (Lipinski definition) is 3. The molecule has 0 aromatic carbocycles. The summed E-state index contributed by atoms with van der Waals surface area (Å²) < 4.78 is 0. The first kappa shape index (κ1) is 27.6. The fourth-order valence-electron chi connectivity index (χ4n) is 3.06. The van der Waals surface area contributed by atoms with Gasteiger partial charge in [-0.1, -0.05) is 97.3 Å². The van der Waals surface area contributed by atoms with Gasteiger partial charge in [-0.2, -0.15) is 0 Å². The van der Waals surface area contributed by atoms with Crippen LogP contribution in [0.15, 0.2) is 0 Å². The zero-order valence-corrected chi connectivity index (χ0v) is 19.4. The van der Waals surface area contributed by atoms with E-state index in [1.807, 2.05) is 0 Å². The molecule has 0 aromatic heterocycles. The summed E-state index contributed by atoms with van der Waals surface area (Å²) in [6.45, 7) is 6.11. The number of nitrogens with one attached hydrogen (secondary N) is 1. The predicted octanol–water partition coefficient (Wildman–Crippen LogP) is 1.84. The molecule has 0 heterocycles. The quantitative estimate of drug-likeness (QED) is 0.281. The first-order valence-corrected chi connectivity index (χ1v) is 10.5. The van der Waals surface area contributed by atoms with Gasteiger partial charge in [-0.05, 0) is 25.3 Å². The molecule has 144 valence electrons. The van der Waals surface area contributed by atoms with Crippen LogP contribution >= 0.6 is 0 Å². The third-order valence-electron chi connectivity index (χ3n) is 4.64. The van der Waals surface area contributed by atoms with E-state index in [1.165, 1.54) is 83.5 Å². The van der Waals surface area contributed by atoms with Crippen LogP contribution in [0.25, 0.3) is 0 Å². The molecule has 0 spiro atoms.